The van der Waals surface area contributed by atoms with E-state index in [1.54, 1.807) is 6.92 Å². The van der Waals surface area contributed by atoms with E-state index in [-0.39, 0.29) is 11.9 Å². The van der Waals surface area contributed by atoms with Crippen molar-refractivity contribution in [1.82, 2.24) is 3.93 Å². The van der Waals surface area contributed by atoms with Gasteiger partial charge in [-0.25, -0.2) is 0 Å². The van der Waals surface area contributed by atoms with Gasteiger partial charge in [-0.1, -0.05) is 6.92 Å². The summed E-state index contributed by atoms with van der Waals surface area (Å²) in [6.07, 6.45) is 0.484. The monoisotopic (exact) mass is 199 g/mol. The molecule has 0 aliphatic rings. The SMILES string of the molecule is CCC(=O)N(Br)CCl. The van der Waals surface area contributed by atoms with Crippen LogP contribution in [0.2, 0.25) is 0 Å². The lowest BCUT2D eigenvalue weighted by molar-refractivity contribution is -0.124. The fourth-order valence-corrected chi connectivity index (χ4v) is 0.622. The first-order chi connectivity index (χ1) is 3.72. The van der Waals surface area contributed by atoms with E-state index in [2.05, 4.69) is 16.1 Å². The maximum absolute atomic E-state index is 10.5. The fourth-order valence-electron chi connectivity index (χ4n) is 0.238. The molecule has 0 atom stereocenters. The number of halogens is 2. The van der Waals surface area contributed by atoms with Crippen molar-refractivity contribution in [3.8, 4) is 0 Å². The van der Waals surface area contributed by atoms with E-state index in [1.807, 2.05) is 0 Å². The number of carbonyl (C=O) groups is 1. The number of carbonyl (C=O) groups excluding carboxylic acids is 1. The van der Waals surface area contributed by atoms with Crippen LogP contribution in [0.4, 0.5) is 0 Å². The third-order valence-electron chi connectivity index (χ3n) is 0.678. The predicted octanol–water partition coefficient (Wildman–Crippen LogP) is 1.73. The van der Waals surface area contributed by atoms with Gasteiger partial charge in [0.1, 0.15) is 6.00 Å². The normalized spacial score (nSPS) is 8.88. The van der Waals surface area contributed by atoms with Crippen LogP contribution in [0.5, 0.6) is 0 Å². The minimum absolute atomic E-state index is 0.000000000000000444. The summed E-state index contributed by atoms with van der Waals surface area (Å²) in [5.41, 5.74) is 0. The number of amides is 1. The highest BCUT2D eigenvalue weighted by molar-refractivity contribution is 9.07. The van der Waals surface area contributed by atoms with Gasteiger partial charge in [0.2, 0.25) is 5.91 Å². The van der Waals surface area contributed by atoms with Gasteiger partial charge in [0.25, 0.3) is 0 Å². The number of hydrogen-bond donors (Lipinski definition) is 0. The first kappa shape index (κ1) is 8.24. The number of hydrogen-bond acceptors (Lipinski definition) is 1. The van der Waals surface area contributed by atoms with Gasteiger partial charge in [0, 0.05) is 6.42 Å². The Labute approximate surface area is 62.1 Å². The Kier molecular flexibility index (Phi) is 4.28. The summed E-state index contributed by atoms with van der Waals surface area (Å²) in [6.45, 7) is 1.78. The maximum Gasteiger partial charge on any atom is 0.233 e. The number of alkyl halides is 1. The van der Waals surface area contributed by atoms with Crippen LogP contribution in [0, 0.1) is 0 Å². The highest BCUT2D eigenvalue weighted by Crippen LogP contribution is 2.01. The van der Waals surface area contributed by atoms with Crippen molar-refractivity contribution in [3.63, 3.8) is 0 Å². The van der Waals surface area contributed by atoms with E-state index in [4.69, 9.17) is 11.6 Å². The number of nitrogens with zero attached hydrogens (tertiary/aromatic N) is 1. The second-order valence-corrected chi connectivity index (χ2v) is 2.32. The zero-order valence-electron chi connectivity index (χ0n) is 4.53. The third kappa shape index (κ3) is 2.52. The lowest BCUT2D eigenvalue weighted by Crippen LogP contribution is -2.17. The average Bonchev–Trinajstić information content (AvgIpc) is 1.84. The van der Waals surface area contributed by atoms with Crippen molar-refractivity contribution in [2.45, 2.75) is 13.3 Å². The quantitative estimate of drug-likeness (QED) is 0.378. The van der Waals surface area contributed by atoms with Crippen molar-refractivity contribution in [2.24, 2.45) is 0 Å². The molecule has 0 aliphatic heterocycles. The van der Waals surface area contributed by atoms with Gasteiger partial charge in [-0.05, 0) is 0 Å². The van der Waals surface area contributed by atoms with Gasteiger partial charge < -0.3 is 0 Å². The molecular formula is C4H7BrClNO. The highest BCUT2D eigenvalue weighted by atomic mass is 79.9. The van der Waals surface area contributed by atoms with Crippen molar-refractivity contribution in [3.05, 3.63) is 0 Å². The summed E-state index contributed by atoms with van der Waals surface area (Å²) in [5.74, 6) is 0.000000000000000444. The van der Waals surface area contributed by atoms with Gasteiger partial charge in [-0.15, -0.1) is 11.6 Å². The van der Waals surface area contributed by atoms with Gasteiger partial charge in [-0.3, -0.25) is 8.72 Å². The Morgan fingerprint density at radius 1 is 1.88 bits per heavy atom. The molecule has 4 heteroatoms. The van der Waals surface area contributed by atoms with E-state index in [0.29, 0.717) is 6.42 Å². The lowest BCUT2D eigenvalue weighted by atomic mass is 10.5. The minimum Gasteiger partial charge on any atom is -0.274 e. The molecule has 0 spiro atoms. The van der Waals surface area contributed by atoms with Crippen molar-refractivity contribution in [1.29, 1.82) is 0 Å². The van der Waals surface area contributed by atoms with E-state index in [9.17, 15) is 4.79 Å². The molecule has 0 saturated carbocycles. The zero-order chi connectivity index (χ0) is 6.57. The van der Waals surface area contributed by atoms with E-state index in [1.165, 1.54) is 3.93 Å². The van der Waals surface area contributed by atoms with E-state index in [0.717, 1.165) is 0 Å². The molecule has 0 rings (SSSR count). The van der Waals surface area contributed by atoms with Crippen LogP contribution in [-0.2, 0) is 4.79 Å². The summed E-state index contributed by atoms with van der Waals surface area (Å²) >= 11 is 8.24. The second-order valence-electron chi connectivity index (χ2n) is 1.23. The summed E-state index contributed by atoms with van der Waals surface area (Å²) in [4.78, 5) is 10.5. The van der Waals surface area contributed by atoms with Crippen LogP contribution >= 0.6 is 27.7 Å². The molecule has 0 radical (unpaired) electrons. The average molecular weight is 200 g/mol. The second kappa shape index (κ2) is 4.15. The molecule has 0 aliphatic carbocycles. The molecule has 0 aromatic carbocycles. The summed E-state index contributed by atoms with van der Waals surface area (Å²) in [6, 6.07) is 0.201. The van der Waals surface area contributed by atoms with Gasteiger partial charge >= 0.3 is 0 Å². The molecule has 8 heavy (non-hydrogen) atoms. The van der Waals surface area contributed by atoms with Gasteiger partial charge in [-0.2, -0.15) is 0 Å². The largest absolute Gasteiger partial charge is 0.274 e. The fraction of sp³-hybridized carbons (Fsp3) is 0.750. The minimum atomic E-state index is 0.000000000000000444. The Balaban J connectivity index is 3.46. The first-order valence-electron chi connectivity index (χ1n) is 2.24. The summed E-state index contributed by atoms with van der Waals surface area (Å²) in [5, 5.41) is 0. The molecule has 48 valence electrons. The molecular weight excluding hydrogens is 193 g/mol. The van der Waals surface area contributed by atoms with Gasteiger partial charge in [0.05, 0.1) is 16.1 Å². The first-order valence-corrected chi connectivity index (χ1v) is 3.48. The van der Waals surface area contributed by atoms with Crippen molar-refractivity contribution >= 4 is 33.7 Å². The molecule has 1 amide bonds. The predicted molar refractivity (Wildman–Crippen MR) is 36.8 cm³/mol. The molecule has 0 unspecified atom stereocenters. The Morgan fingerprint density at radius 2 is 2.38 bits per heavy atom. The molecule has 2 nitrogen and oxygen atoms in total. The van der Waals surface area contributed by atoms with Crippen LogP contribution in [0.1, 0.15) is 13.3 Å². The molecule has 0 saturated heterocycles. The van der Waals surface area contributed by atoms with E-state index >= 15 is 0 Å². The smallest absolute Gasteiger partial charge is 0.233 e. The molecule has 0 fully saturated rings. The third-order valence-corrected chi connectivity index (χ3v) is 1.85. The van der Waals surface area contributed by atoms with Crippen molar-refractivity contribution < 1.29 is 4.79 Å². The van der Waals surface area contributed by atoms with Crippen LogP contribution in [0.3, 0.4) is 0 Å². The van der Waals surface area contributed by atoms with Crippen molar-refractivity contribution in [2.75, 3.05) is 6.00 Å². The molecule has 0 aromatic rings. The standard InChI is InChI=1S/C4H7BrClNO/c1-2-4(8)7(5)3-6/h2-3H2,1H3. The lowest BCUT2D eigenvalue weighted by Gasteiger charge is -2.06. The Bertz CT molecular complexity index is 88.1. The summed E-state index contributed by atoms with van der Waals surface area (Å²) < 4.78 is 1.29. The topological polar surface area (TPSA) is 20.3 Å². The van der Waals surface area contributed by atoms with Gasteiger partial charge in [0.15, 0.2) is 0 Å². The molecule has 0 heterocycles. The van der Waals surface area contributed by atoms with Crippen LogP contribution in [0.25, 0.3) is 0 Å². The summed E-state index contributed by atoms with van der Waals surface area (Å²) in [7, 11) is 0. The van der Waals surface area contributed by atoms with E-state index < -0.39 is 0 Å². The van der Waals surface area contributed by atoms with Crippen LogP contribution < -0.4 is 0 Å². The maximum atomic E-state index is 10.5. The molecule has 0 aromatic heterocycles. The molecule has 0 bridgehead atoms. The highest BCUT2D eigenvalue weighted by Gasteiger charge is 2.03. The molecule has 0 N–H and O–H groups in total. The van der Waals surface area contributed by atoms with Crippen LogP contribution in [0.15, 0.2) is 0 Å². The Hall–Kier alpha value is 0.240. The van der Waals surface area contributed by atoms with Crippen LogP contribution in [-0.4, -0.2) is 15.8 Å². The number of rotatable bonds is 2. The Morgan fingerprint density at radius 3 is 2.50 bits per heavy atom. The zero-order valence-corrected chi connectivity index (χ0v) is 6.87.